The van der Waals surface area contributed by atoms with Gasteiger partial charge in [-0.25, -0.2) is 15.0 Å². The second-order valence-electron chi connectivity index (χ2n) is 8.85. The zero-order valence-electron chi connectivity index (χ0n) is 17.7. The molecule has 0 amide bonds. The highest BCUT2D eigenvalue weighted by molar-refractivity contribution is 5.94. The van der Waals surface area contributed by atoms with Crippen molar-refractivity contribution in [2.24, 2.45) is 5.92 Å². The van der Waals surface area contributed by atoms with Crippen LogP contribution in [0.2, 0.25) is 0 Å². The maximum Gasteiger partial charge on any atom is 0.262 e. The SMILES string of the molecule is CC(C)(C)Nc1nc(-c2cnc(N)nc2)cc2ccn(CC3CCOCC3)c(=O)c12. The molecule has 0 radical (unpaired) electrons. The van der Waals surface area contributed by atoms with Gasteiger partial charge >= 0.3 is 0 Å². The molecule has 3 aromatic rings. The third-order valence-electron chi connectivity index (χ3n) is 5.22. The Morgan fingerprint density at radius 3 is 2.60 bits per heavy atom. The lowest BCUT2D eigenvalue weighted by molar-refractivity contribution is 0.0610. The number of nitrogen functional groups attached to an aromatic ring is 1. The van der Waals surface area contributed by atoms with Crippen LogP contribution in [0.15, 0.2) is 35.5 Å². The zero-order valence-corrected chi connectivity index (χ0v) is 17.7. The van der Waals surface area contributed by atoms with Gasteiger partial charge < -0.3 is 20.4 Å². The molecular weight excluding hydrogens is 380 g/mol. The summed E-state index contributed by atoms with van der Waals surface area (Å²) >= 11 is 0. The summed E-state index contributed by atoms with van der Waals surface area (Å²) in [7, 11) is 0. The maximum absolute atomic E-state index is 13.4. The highest BCUT2D eigenvalue weighted by Crippen LogP contribution is 2.27. The topological polar surface area (TPSA) is 108 Å². The number of nitrogens with zero attached hydrogens (tertiary/aromatic N) is 4. The summed E-state index contributed by atoms with van der Waals surface area (Å²) in [4.78, 5) is 26.3. The summed E-state index contributed by atoms with van der Waals surface area (Å²) in [5, 5.41) is 4.83. The van der Waals surface area contributed by atoms with Crippen LogP contribution >= 0.6 is 0 Å². The number of hydrogen-bond acceptors (Lipinski definition) is 7. The Morgan fingerprint density at radius 1 is 1.23 bits per heavy atom. The summed E-state index contributed by atoms with van der Waals surface area (Å²) in [6, 6.07) is 3.88. The van der Waals surface area contributed by atoms with Crippen molar-refractivity contribution in [1.82, 2.24) is 19.5 Å². The molecular formula is C22H28N6O2. The van der Waals surface area contributed by atoms with Crippen LogP contribution in [-0.4, -0.2) is 38.3 Å². The van der Waals surface area contributed by atoms with Gasteiger partial charge in [-0.05, 0) is 57.0 Å². The molecule has 0 saturated carbocycles. The van der Waals surface area contributed by atoms with E-state index in [0.29, 0.717) is 29.4 Å². The van der Waals surface area contributed by atoms with Crippen LogP contribution in [-0.2, 0) is 11.3 Å². The minimum atomic E-state index is -0.260. The molecule has 30 heavy (non-hydrogen) atoms. The van der Waals surface area contributed by atoms with Crippen LogP contribution in [0.4, 0.5) is 11.8 Å². The molecule has 0 bridgehead atoms. The molecule has 0 unspecified atom stereocenters. The fraction of sp³-hybridized carbons (Fsp3) is 0.455. The number of ether oxygens (including phenoxy) is 1. The second kappa shape index (κ2) is 8.02. The first-order valence-corrected chi connectivity index (χ1v) is 10.3. The second-order valence-corrected chi connectivity index (χ2v) is 8.85. The minimum Gasteiger partial charge on any atom is -0.381 e. The van der Waals surface area contributed by atoms with Crippen LogP contribution in [0.1, 0.15) is 33.6 Å². The number of hydrogen-bond donors (Lipinski definition) is 2. The molecule has 8 nitrogen and oxygen atoms in total. The van der Waals surface area contributed by atoms with E-state index < -0.39 is 0 Å². The van der Waals surface area contributed by atoms with Gasteiger partial charge in [0.1, 0.15) is 5.82 Å². The Labute approximate surface area is 175 Å². The fourth-order valence-electron chi connectivity index (χ4n) is 3.72. The average molecular weight is 409 g/mol. The van der Waals surface area contributed by atoms with E-state index in [9.17, 15) is 4.79 Å². The number of fused-ring (bicyclic) bond motifs is 1. The number of nitrogens with two attached hydrogens (primary N) is 1. The number of aromatic nitrogens is 4. The van der Waals surface area contributed by atoms with Crippen molar-refractivity contribution in [2.45, 2.75) is 45.7 Å². The molecule has 1 aliphatic rings. The first-order valence-electron chi connectivity index (χ1n) is 10.3. The van der Waals surface area contributed by atoms with E-state index in [2.05, 4.69) is 15.3 Å². The van der Waals surface area contributed by atoms with Gasteiger partial charge in [0.15, 0.2) is 0 Å². The number of pyridine rings is 2. The summed E-state index contributed by atoms with van der Waals surface area (Å²) in [6.07, 6.45) is 7.12. The van der Waals surface area contributed by atoms with Gasteiger partial charge in [0, 0.05) is 49.5 Å². The van der Waals surface area contributed by atoms with Crippen LogP contribution in [0.3, 0.4) is 0 Å². The van der Waals surface area contributed by atoms with Crippen molar-refractivity contribution in [3.63, 3.8) is 0 Å². The van der Waals surface area contributed by atoms with Gasteiger partial charge in [-0.3, -0.25) is 4.79 Å². The smallest absolute Gasteiger partial charge is 0.262 e. The lowest BCUT2D eigenvalue weighted by Gasteiger charge is -2.24. The fourth-order valence-corrected chi connectivity index (χ4v) is 3.72. The third-order valence-corrected chi connectivity index (χ3v) is 5.22. The molecule has 0 atom stereocenters. The van der Waals surface area contributed by atoms with Crippen LogP contribution in [0, 0.1) is 5.92 Å². The van der Waals surface area contributed by atoms with Gasteiger partial charge in [0.25, 0.3) is 5.56 Å². The van der Waals surface area contributed by atoms with E-state index in [0.717, 1.165) is 37.0 Å². The number of rotatable bonds is 4. The molecule has 4 heterocycles. The first kappa shape index (κ1) is 20.3. The van der Waals surface area contributed by atoms with E-state index in [1.54, 1.807) is 17.0 Å². The quantitative estimate of drug-likeness (QED) is 0.683. The van der Waals surface area contributed by atoms with Crippen molar-refractivity contribution >= 4 is 22.5 Å². The predicted molar refractivity (Wildman–Crippen MR) is 118 cm³/mol. The monoisotopic (exact) mass is 408 g/mol. The maximum atomic E-state index is 13.4. The highest BCUT2D eigenvalue weighted by atomic mass is 16.5. The molecule has 3 aromatic heterocycles. The van der Waals surface area contributed by atoms with E-state index in [1.165, 1.54) is 0 Å². The largest absolute Gasteiger partial charge is 0.381 e. The number of anilines is 2. The Bertz CT molecular complexity index is 1100. The lowest BCUT2D eigenvalue weighted by atomic mass is 10.00. The molecule has 8 heteroatoms. The van der Waals surface area contributed by atoms with Crippen molar-refractivity contribution < 1.29 is 4.74 Å². The van der Waals surface area contributed by atoms with Crippen LogP contribution in [0.5, 0.6) is 0 Å². The van der Waals surface area contributed by atoms with Gasteiger partial charge in [-0.15, -0.1) is 0 Å². The van der Waals surface area contributed by atoms with Gasteiger partial charge in [-0.2, -0.15) is 0 Å². The Hall–Kier alpha value is -3.00. The molecule has 1 aliphatic heterocycles. The predicted octanol–water partition coefficient (Wildman–Crippen LogP) is 3.07. The summed E-state index contributed by atoms with van der Waals surface area (Å²) in [5.41, 5.74) is 6.76. The molecule has 0 spiro atoms. The molecule has 1 saturated heterocycles. The Balaban J connectivity index is 1.82. The lowest BCUT2D eigenvalue weighted by Crippen LogP contribution is -2.30. The standard InChI is InChI=1S/C22H28N6O2/c1-22(2,3)27-19-18-15(10-17(26-19)16-11-24-21(23)25-12-16)4-7-28(20(18)29)13-14-5-8-30-9-6-14/h4,7,10-12,14H,5-6,8-9,13H2,1-3H3,(H,26,27)(H2,23,24,25). The van der Waals surface area contributed by atoms with Crippen LogP contribution in [0.25, 0.3) is 22.0 Å². The molecule has 158 valence electrons. The molecule has 0 aromatic carbocycles. The van der Waals surface area contributed by atoms with Crippen molar-refractivity contribution in [3.05, 3.63) is 41.1 Å². The van der Waals surface area contributed by atoms with Crippen molar-refractivity contribution in [1.29, 1.82) is 0 Å². The number of nitrogens with one attached hydrogen (secondary N) is 1. The summed E-state index contributed by atoms with van der Waals surface area (Å²) in [5.74, 6) is 1.23. The summed E-state index contributed by atoms with van der Waals surface area (Å²) < 4.78 is 7.25. The first-order chi connectivity index (χ1) is 14.3. The normalized spacial score (nSPS) is 15.4. The third kappa shape index (κ3) is 4.43. The van der Waals surface area contributed by atoms with Crippen molar-refractivity contribution in [2.75, 3.05) is 24.3 Å². The minimum absolute atomic E-state index is 0.0293. The van der Waals surface area contributed by atoms with Crippen molar-refractivity contribution in [3.8, 4) is 11.3 Å². The van der Waals surface area contributed by atoms with Gasteiger partial charge in [-0.1, -0.05) is 0 Å². The average Bonchev–Trinajstić information content (AvgIpc) is 2.70. The molecule has 3 N–H and O–H groups in total. The van der Waals surface area contributed by atoms with Gasteiger partial charge in [0.05, 0.1) is 11.1 Å². The zero-order chi connectivity index (χ0) is 21.3. The molecule has 1 fully saturated rings. The van der Waals surface area contributed by atoms with E-state index >= 15 is 0 Å². The van der Waals surface area contributed by atoms with E-state index in [-0.39, 0.29) is 17.0 Å². The summed E-state index contributed by atoms with van der Waals surface area (Å²) in [6.45, 7) is 8.35. The highest BCUT2D eigenvalue weighted by Gasteiger charge is 2.20. The van der Waals surface area contributed by atoms with Crippen LogP contribution < -0.4 is 16.6 Å². The Morgan fingerprint density at radius 2 is 1.93 bits per heavy atom. The van der Waals surface area contributed by atoms with Gasteiger partial charge in [0.2, 0.25) is 5.95 Å². The Kier molecular flexibility index (Phi) is 5.42. The van der Waals surface area contributed by atoms with E-state index in [1.807, 2.05) is 39.1 Å². The molecule has 4 rings (SSSR count). The molecule has 0 aliphatic carbocycles. The van der Waals surface area contributed by atoms with E-state index in [4.69, 9.17) is 15.5 Å².